The molecule has 1 aromatic rings. The minimum absolute atomic E-state index is 0. The van der Waals surface area contributed by atoms with Crippen LogP contribution in [0.2, 0.25) is 0 Å². The highest BCUT2D eigenvalue weighted by molar-refractivity contribution is 5.95. The van der Waals surface area contributed by atoms with Gasteiger partial charge in [0.05, 0.1) is 14.2 Å². The Bertz CT molecular complexity index is 424. The fourth-order valence-electron chi connectivity index (χ4n) is 2.16. The van der Waals surface area contributed by atoms with Crippen LogP contribution in [-0.2, 0) is 0 Å². The molecular formula is C14H21ClN2O3. The number of carbonyl (C=O) groups is 1. The second kappa shape index (κ2) is 7.97. The summed E-state index contributed by atoms with van der Waals surface area (Å²) in [4.78, 5) is 14.3. The monoisotopic (exact) mass is 300 g/mol. The van der Waals surface area contributed by atoms with Gasteiger partial charge in [0, 0.05) is 31.3 Å². The number of methoxy groups -OCH3 is 2. The van der Waals surface area contributed by atoms with Gasteiger partial charge in [0.15, 0.2) is 0 Å². The molecule has 1 N–H and O–H groups in total. The van der Waals surface area contributed by atoms with Gasteiger partial charge in [-0.3, -0.25) is 4.79 Å². The number of benzene rings is 1. The summed E-state index contributed by atoms with van der Waals surface area (Å²) >= 11 is 0. The first-order valence-corrected chi connectivity index (χ1v) is 6.47. The summed E-state index contributed by atoms with van der Waals surface area (Å²) < 4.78 is 10.4. The van der Waals surface area contributed by atoms with Crippen LogP contribution in [0.25, 0.3) is 0 Å². The standard InChI is InChI=1S/C14H20N2O3.ClH/c1-18-12-8-11(9-13(10-12)19-2)14(17)16-6-3-4-15-5-7-16;/h8-10,15H,3-7H2,1-2H3;1H. The van der Waals surface area contributed by atoms with E-state index in [-0.39, 0.29) is 18.3 Å². The summed E-state index contributed by atoms with van der Waals surface area (Å²) in [7, 11) is 3.16. The molecule has 0 spiro atoms. The van der Waals surface area contributed by atoms with Crippen molar-refractivity contribution in [2.45, 2.75) is 6.42 Å². The summed E-state index contributed by atoms with van der Waals surface area (Å²) in [6.45, 7) is 3.32. The molecule has 0 aliphatic carbocycles. The maximum absolute atomic E-state index is 12.5. The Balaban J connectivity index is 0.00000200. The first-order valence-electron chi connectivity index (χ1n) is 6.47. The van der Waals surface area contributed by atoms with E-state index in [4.69, 9.17) is 9.47 Å². The number of rotatable bonds is 3. The van der Waals surface area contributed by atoms with Gasteiger partial charge in [-0.2, -0.15) is 0 Å². The summed E-state index contributed by atoms with van der Waals surface area (Å²) in [5.41, 5.74) is 0.609. The number of nitrogens with zero attached hydrogens (tertiary/aromatic N) is 1. The summed E-state index contributed by atoms with van der Waals surface area (Å²) in [5, 5.41) is 3.29. The third-order valence-corrected chi connectivity index (χ3v) is 3.23. The van der Waals surface area contributed by atoms with Crippen molar-refractivity contribution in [3.63, 3.8) is 0 Å². The lowest BCUT2D eigenvalue weighted by Gasteiger charge is -2.20. The van der Waals surface area contributed by atoms with Gasteiger partial charge in [0.2, 0.25) is 0 Å². The van der Waals surface area contributed by atoms with E-state index in [1.54, 1.807) is 32.4 Å². The quantitative estimate of drug-likeness (QED) is 0.920. The number of carbonyl (C=O) groups excluding carboxylic acids is 1. The van der Waals surface area contributed by atoms with Gasteiger partial charge < -0.3 is 19.7 Å². The number of amides is 1. The molecule has 1 heterocycles. The van der Waals surface area contributed by atoms with E-state index in [1.807, 2.05) is 4.90 Å². The van der Waals surface area contributed by atoms with Crippen LogP contribution < -0.4 is 14.8 Å². The summed E-state index contributed by atoms with van der Waals surface area (Å²) in [5.74, 6) is 1.30. The van der Waals surface area contributed by atoms with Gasteiger partial charge >= 0.3 is 0 Å². The van der Waals surface area contributed by atoms with Gasteiger partial charge in [-0.15, -0.1) is 12.4 Å². The molecule has 112 valence electrons. The molecule has 0 atom stereocenters. The Morgan fingerprint density at radius 3 is 2.35 bits per heavy atom. The van der Waals surface area contributed by atoms with Gasteiger partial charge in [-0.25, -0.2) is 0 Å². The molecular weight excluding hydrogens is 280 g/mol. The molecule has 0 aromatic heterocycles. The van der Waals surface area contributed by atoms with E-state index < -0.39 is 0 Å². The van der Waals surface area contributed by atoms with Gasteiger partial charge in [-0.1, -0.05) is 0 Å². The molecule has 1 amide bonds. The van der Waals surface area contributed by atoms with Crippen molar-refractivity contribution < 1.29 is 14.3 Å². The maximum Gasteiger partial charge on any atom is 0.254 e. The molecule has 1 aliphatic heterocycles. The lowest BCUT2D eigenvalue weighted by atomic mass is 10.1. The fourth-order valence-corrected chi connectivity index (χ4v) is 2.16. The maximum atomic E-state index is 12.5. The van der Waals surface area contributed by atoms with E-state index >= 15 is 0 Å². The van der Waals surface area contributed by atoms with E-state index in [0.717, 1.165) is 32.6 Å². The van der Waals surface area contributed by atoms with E-state index in [2.05, 4.69) is 5.32 Å². The third-order valence-electron chi connectivity index (χ3n) is 3.23. The zero-order valence-corrected chi connectivity index (χ0v) is 12.7. The van der Waals surface area contributed by atoms with Crippen molar-refractivity contribution in [1.82, 2.24) is 10.2 Å². The zero-order valence-electron chi connectivity index (χ0n) is 11.8. The average Bonchev–Trinajstić information content (AvgIpc) is 2.74. The Morgan fingerprint density at radius 2 is 1.75 bits per heavy atom. The highest BCUT2D eigenvalue weighted by Crippen LogP contribution is 2.23. The normalized spacial score (nSPS) is 15.0. The number of ether oxygens (including phenoxy) is 2. The molecule has 0 saturated carbocycles. The van der Waals surface area contributed by atoms with Crippen LogP contribution in [0.5, 0.6) is 11.5 Å². The zero-order chi connectivity index (χ0) is 13.7. The second-order valence-corrected chi connectivity index (χ2v) is 4.50. The number of hydrogen-bond donors (Lipinski definition) is 1. The molecule has 1 saturated heterocycles. The minimum atomic E-state index is 0. The second-order valence-electron chi connectivity index (χ2n) is 4.50. The molecule has 1 aromatic carbocycles. The van der Waals surface area contributed by atoms with Crippen molar-refractivity contribution in [3.8, 4) is 11.5 Å². The van der Waals surface area contributed by atoms with Gasteiger partial charge in [0.1, 0.15) is 11.5 Å². The van der Waals surface area contributed by atoms with Crippen LogP contribution in [0, 0.1) is 0 Å². The number of halogens is 1. The predicted molar refractivity (Wildman–Crippen MR) is 80.2 cm³/mol. The van der Waals surface area contributed by atoms with Crippen molar-refractivity contribution in [1.29, 1.82) is 0 Å². The Labute approximate surface area is 125 Å². The Morgan fingerprint density at radius 1 is 1.10 bits per heavy atom. The highest BCUT2D eigenvalue weighted by Gasteiger charge is 2.18. The molecule has 0 unspecified atom stereocenters. The molecule has 0 radical (unpaired) electrons. The summed E-state index contributed by atoms with van der Waals surface area (Å²) in [6.07, 6.45) is 0.979. The van der Waals surface area contributed by atoms with Crippen molar-refractivity contribution in [2.24, 2.45) is 0 Å². The Kier molecular flexibility index (Phi) is 6.61. The molecule has 5 nitrogen and oxygen atoms in total. The van der Waals surface area contributed by atoms with Crippen LogP contribution in [0.15, 0.2) is 18.2 Å². The molecule has 2 rings (SSSR count). The average molecular weight is 301 g/mol. The lowest BCUT2D eigenvalue weighted by Crippen LogP contribution is -2.34. The SMILES string of the molecule is COc1cc(OC)cc(C(=O)N2CCCNCC2)c1.Cl. The number of nitrogens with one attached hydrogen (secondary N) is 1. The van der Waals surface area contributed by atoms with E-state index in [0.29, 0.717) is 17.1 Å². The van der Waals surface area contributed by atoms with Crippen LogP contribution in [0.4, 0.5) is 0 Å². The smallest absolute Gasteiger partial charge is 0.254 e. The molecule has 20 heavy (non-hydrogen) atoms. The highest BCUT2D eigenvalue weighted by atomic mass is 35.5. The van der Waals surface area contributed by atoms with E-state index in [1.165, 1.54) is 0 Å². The topological polar surface area (TPSA) is 50.8 Å². The summed E-state index contributed by atoms with van der Waals surface area (Å²) in [6, 6.07) is 5.27. The first-order chi connectivity index (χ1) is 9.24. The minimum Gasteiger partial charge on any atom is -0.497 e. The van der Waals surface area contributed by atoms with Crippen LogP contribution in [0.1, 0.15) is 16.8 Å². The Hall–Kier alpha value is -1.46. The van der Waals surface area contributed by atoms with Crippen molar-refractivity contribution >= 4 is 18.3 Å². The third kappa shape index (κ3) is 4.02. The van der Waals surface area contributed by atoms with Crippen LogP contribution in [-0.4, -0.2) is 51.2 Å². The van der Waals surface area contributed by atoms with Gasteiger partial charge in [-0.05, 0) is 25.1 Å². The molecule has 1 fully saturated rings. The van der Waals surface area contributed by atoms with Crippen molar-refractivity contribution in [2.75, 3.05) is 40.4 Å². The van der Waals surface area contributed by atoms with Gasteiger partial charge in [0.25, 0.3) is 5.91 Å². The van der Waals surface area contributed by atoms with Crippen LogP contribution >= 0.6 is 12.4 Å². The fraction of sp³-hybridized carbons (Fsp3) is 0.500. The number of hydrogen-bond acceptors (Lipinski definition) is 4. The predicted octanol–water partition coefficient (Wildman–Crippen LogP) is 1.56. The van der Waals surface area contributed by atoms with Crippen LogP contribution in [0.3, 0.4) is 0 Å². The molecule has 0 bridgehead atoms. The molecule has 1 aliphatic rings. The largest absolute Gasteiger partial charge is 0.497 e. The van der Waals surface area contributed by atoms with Crippen molar-refractivity contribution in [3.05, 3.63) is 23.8 Å². The molecule has 6 heteroatoms. The lowest BCUT2D eigenvalue weighted by molar-refractivity contribution is 0.0765. The first kappa shape index (κ1) is 16.6. The van der Waals surface area contributed by atoms with E-state index in [9.17, 15) is 4.79 Å².